The summed E-state index contributed by atoms with van der Waals surface area (Å²) in [7, 11) is 1.66. The minimum atomic E-state index is -0.346. The molecule has 5 atom stereocenters. The van der Waals surface area contributed by atoms with E-state index in [1.807, 2.05) is 12.1 Å². The minimum Gasteiger partial charge on any atom is -0.491 e. The highest BCUT2D eigenvalue weighted by Gasteiger charge is 2.57. The maximum Gasteiger partial charge on any atom is 0.226 e. The van der Waals surface area contributed by atoms with E-state index < -0.39 is 0 Å². The molecule has 31 heavy (non-hydrogen) atoms. The Morgan fingerprint density at radius 2 is 1.90 bits per heavy atom. The Morgan fingerprint density at radius 1 is 1.16 bits per heavy atom. The van der Waals surface area contributed by atoms with E-state index in [0.717, 1.165) is 29.2 Å². The van der Waals surface area contributed by atoms with E-state index in [-0.39, 0.29) is 35.1 Å². The van der Waals surface area contributed by atoms with Crippen LogP contribution in [-0.2, 0) is 9.53 Å². The van der Waals surface area contributed by atoms with Gasteiger partial charge in [0, 0.05) is 24.1 Å². The summed E-state index contributed by atoms with van der Waals surface area (Å²) >= 11 is 6.80. The molecule has 5 heteroatoms. The summed E-state index contributed by atoms with van der Waals surface area (Å²) in [4.78, 5) is 12.9. The number of methoxy groups -OCH3 is 1. The smallest absolute Gasteiger partial charge is 0.226 e. The Morgan fingerprint density at radius 3 is 2.58 bits per heavy atom. The van der Waals surface area contributed by atoms with Crippen LogP contribution < -0.4 is 10.1 Å². The van der Waals surface area contributed by atoms with Crippen molar-refractivity contribution in [1.82, 2.24) is 5.32 Å². The van der Waals surface area contributed by atoms with E-state index in [1.165, 1.54) is 11.1 Å². The average Bonchev–Trinajstić information content (AvgIpc) is 2.97. The van der Waals surface area contributed by atoms with Crippen LogP contribution in [-0.4, -0.2) is 32.3 Å². The summed E-state index contributed by atoms with van der Waals surface area (Å²) in [6.07, 6.45) is 1.79. The summed E-state index contributed by atoms with van der Waals surface area (Å²) in [6, 6.07) is 14.9. The molecule has 0 aromatic heterocycles. The number of amides is 1. The number of hydrogen-bond acceptors (Lipinski definition) is 3. The van der Waals surface area contributed by atoms with Gasteiger partial charge in [0.1, 0.15) is 12.4 Å². The molecule has 2 fully saturated rings. The third kappa shape index (κ3) is 4.08. The zero-order valence-corrected chi connectivity index (χ0v) is 19.5. The van der Waals surface area contributed by atoms with Crippen molar-refractivity contribution in [2.75, 3.05) is 20.3 Å². The van der Waals surface area contributed by atoms with Crippen LogP contribution in [0.4, 0.5) is 0 Å². The quantitative estimate of drug-likeness (QED) is 0.604. The third-order valence-electron chi connectivity index (χ3n) is 7.34. The molecule has 1 saturated carbocycles. The van der Waals surface area contributed by atoms with Gasteiger partial charge < -0.3 is 14.8 Å². The first-order chi connectivity index (χ1) is 14.8. The van der Waals surface area contributed by atoms with E-state index in [4.69, 9.17) is 21.1 Å². The van der Waals surface area contributed by atoms with Gasteiger partial charge in [-0.05, 0) is 61.8 Å². The van der Waals surface area contributed by atoms with Gasteiger partial charge in [-0.1, -0.05) is 54.4 Å². The number of nitrogens with one attached hydrogen (secondary N) is 1. The Hall–Kier alpha value is -2.04. The Labute approximate surface area is 190 Å². The molecule has 1 aliphatic carbocycles. The molecule has 2 aromatic carbocycles. The van der Waals surface area contributed by atoms with Gasteiger partial charge in [-0.15, -0.1) is 0 Å². The Kier molecular flexibility index (Phi) is 6.32. The maximum atomic E-state index is 12.9. The number of carbonyl (C=O) groups excluding carboxylic acids is 1. The number of rotatable bonds is 6. The molecule has 1 saturated heterocycles. The molecular formula is C26H32ClNO3. The van der Waals surface area contributed by atoms with E-state index in [2.05, 4.69) is 56.4 Å². The summed E-state index contributed by atoms with van der Waals surface area (Å²) in [5, 5.41) is 3.96. The minimum absolute atomic E-state index is 0.127. The fraction of sp³-hybridized carbons (Fsp3) is 0.500. The lowest BCUT2D eigenvalue weighted by molar-refractivity contribution is -0.129. The van der Waals surface area contributed by atoms with Gasteiger partial charge in [-0.2, -0.15) is 0 Å². The Bertz CT molecular complexity index is 944. The summed E-state index contributed by atoms with van der Waals surface area (Å²) in [5.74, 6) is 1.62. The number of carbonyl (C=O) groups is 1. The van der Waals surface area contributed by atoms with Crippen molar-refractivity contribution in [2.24, 2.45) is 11.3 Å². The third-order valence-corrected chi connectivity index (χ3v) is 7.66. The number of halogens is 1. The fourth-order valence-corrected chi connectivity index (χ4v) is 6.07. The molecule has 2 aromatic rings. The molecule has 1 N–H and O–H groups in total. The predicted molar refractivity (Wildman–Crippen MR) is 124 cm³/mol. The van der Waals surface area contributed by atoms with Gasteiger partial charge >= 0.3 is 0 Å². The molecule has 4 rings (SSSR count). The number of fused-ring (bicyclic) bond motifs is 1. The molecule has 4 nitrogen and oxygen atoms in total. The van der Waals surface area contributed by atoms with Gasteiger partial charge in [0.05, 0.1) is 12.0 Å². The lowest BCUT2D eigenvalue weighted by Crippen LogP contribution is -2.42. The lowest BCUT2D eigenvalue weighted by atomic mass is 9.56. The monoisotopic (exact) mass is 441 g/mol. The number of aryl methyl sites for hydroxylation is 1. The summed E-state index contributed by atoms with van der Waals surface area (Å²) in [5.41, 5.74) is 3.32. The molecule has 1 heterocycles. The molecule has 1 aliphatic heterocycles. The zero-order valence-electron chi connectivity index (χ0n) is 18.8. The second-order valence-corrected chi connectivity index (χ2v) is 9.72. The molecule has 1 amide bonds. The fourth-order valence-electron chi connectivity index (χ4n) is 5.76. The van der Waals surface area contributed by atoms with E-state index in [1.54, 1.807) is 7.11 Å². The van der Waals surface area contributed by atoms with E-state index in [0.29, 0.717) is 13.2 Å². The van der Waals surface area contributed by atoms with Gasteiger partial charge in [0.2, 0.25) is 5.91 Å². The van der Waals surface area contributed by atoms with Crippen molar-refractivity contribution in [3.05, 3.63) is 64.2 Å². The van der Waals surface area contributed by atoms with Gasteiger partial charge in [-0.3, -0.25) is 4.79 Å². The largest absolute Gasteiger partial charge is 0.491 e. The topological polar surface area (TPSA) is 47.6 Å². The predicted octanol–water partition coefficient (Wildman–Crippen LogP) is 5.48. The van der Waals surface area contributed by atoms with Gasteiger partial charge in [0.25, 0.3) is 0 Å². The second kappa shape index (κ2) is 8.84. The van der Waals surface area contributed by atoms with Crippen LogP contribution in [0.3, 0.4) is 0 Å². The van der Waals surface area contributed by atoms with Crippen LogP contribution in [0, 0.1) is 18.3 Å². The first-order valence-electron chi connectivity index (χ1n) is 11.1. The van der Waals surface area contributed by atoms with Crippen molar-refractivity contribution in [1.29, 1.82) is 0 Å². The molecular weight excluding hydrogens is 410 g/mol. The van der Waals surface area contributed by atoms with E-state index in [9.17, 15) is 4.79 Å². The lowest BCUT2D eigenvalue weighted by Gasteiger charge is -2.46. The summed E-state index contributed by atoms with van der Waals surface area (Å²) in [6.45, 7) is 7.42. The molecule has 0 bridgehead atoms. The van der Waals surface area contributed by atoms with Crippen LogP contribution in [0.15, 0.2) is 42.5 Å². The standard InChI is InChI=1S/C26H32ClNO3/c1-16-5-7-18(8-6-16)23-21(11-12-26(3)24(23)17(2)28-25(26)29)20-10-9-19(15-22(20)27)31-14-13-30-4/h5-10,15,17,21,23-24H,11-14H2,1-4H3,(H,28,29)/t17-,21+,23+,24+,26-/m1/s1. The molecule has 0 unspecified atom stereocenters. The highest BCUT2D eigenvalue weighted by molar-refractivity contribution is 6.31. The molecule has 0 radical (unpaired) electrons. The van der Waals surface area contributed by atoms with Gasteiger partial charge in [-0.25, -0.2) is 0 Å². The van der Waals surface area contributed by atoms with Crippen molar-refractivity contribution >= 4 is 17.5 Å². The van der Waals surface area contributed by atoms with Crippen molar-refractivity contribution in [3.63, 3.8) is 0 Å². The SMILES string of the molecule is COCCOc1ccc([C@@H]2CC[C@@]3(C)C(=O)N[C@H](C)[C@H]3[C@H]2c2ccc(C)cc2)c(Cl)c1. The van der Waals surface area contributed by atoms with Crippen molar-refractivity contribution < 1.29 is 14.3 Å². The van der Waals surface area contributed by atoms with Crippen LogP contribution in [0.2, 0.25) is 5.02 Å². The van der Waals surface area contributed by atoms with Crippen LogP contribution in [0.5, 0.6) is 5.75 Å². The molecule has 166 valence electrons. The van der Waals surface area contributed by atoms with Crippen molar-refractivity contribution in [2.45, 2.75) is 51.5 Å². The van der Waals surface area contributed by atoms with Crippen molar-refractivity contribution in [3.8, 4) is 5.75 Å². The van der Waals surface area contributed by atoms with Crippen LogP contribution in [0.25, 0.3) is 0 Å². The van der Waals surface area contributed by atoms with E-state index >= 15 is 0 Å². The second-order valence-electron chi connectivity index (χ2n) is 9.31. The summed E-state index contributed by atoms with van der Waals surface area (Å²) < 4.78 is 10.8. The number of benzene rings is 2. The molecule has 2 aliphatic rings. The number of hydrogen-bond donors (Lipinski definition) is 1. The number of ether oxygens (including phenoxy) is 2. The average molecular weight is 442 g/mol. The van der Waals surface area contributed by atoms with Crippen LogP contribution in [0.1, 0.15) is 55.2 Å². The first-order valence-corrected chi connectivity index (χ1v) is 11.5. The zero-order chi connectivity index (χ0) is 22.2. The normalized spacial score (nSPS) is 30.0. The highest BCUT2D eigenvalue weighted by Crippen LogP contribution is 2.59. The first kappa shape index (κ1) is 22.2. The van der Waals surface area contributed by atoms with Crippen LogP contribution >= 0.6 is 11.6 Å². The highest BCUT2D eigenvalue weighted by atomic mass is 35.5. The maximum absolute atomic E-state index is 12.9. The Balaban J connectivity index is 1.72. The van der Waals surface area contributed by atoms with Gasteiger partial charge in [0.15, 0.2) is 0 Å². The molecule has 0 spiro atoms.